The summed E-state index contributed by atoms with van der Waals surface area (Å²) < 4.78 is 11.5. The van der Waals surface area contributed by atoms with Gasteiger partial charge in [0, 0.05) is 17.1 Å². The molecule has 3 rings (SSSR count). The molecular formula is C19H17NO5. The zero-order chi connectivity index (χ0) is 18.0. The zero-order valence-electron chi connectivity index (χ0n) is 13.9. The molecule has 6 heteroatoms. The van der Waals surface area contributed by atoms with Gasteiger partial charge in [-0.1, -0.05) is 18.2 Å². The zero-order valence-corrected chi connectivity index (χ0v) is 13.9. The molecule has 0 saturated heterocycles. The van der Waals surface area contributed by atoms with Crippen LogP contribution in [0.15, 0.2) is 42.6 Å². The van der Waals surface area contributed by atoms with Crippen molar-refractivity contribution in [3.63, 3.8) is 0 Å². The van der Waals surface area contributed by atoms with Crippen molar-refractivity contribution in [3.8, 4) is 0 Å². The number of rotatable bonds is 5. The van der Waals surface area contributed by atoms with Crippen LogP contribution in [0.3, 0.4) is 0 Å². The Morgan fingerprint density at radius 2 is 1.88 bits per heavy atom. The van der Waals surface area contributed by atoms with E-state index in [1.54, 1.807) is 25.1 Å². The summed E-state index contributed by atoms with van der Waals surface area (Å²) in [4.78, 5) is 36.0. The van der Waals surface area contributed by atoms with E-state index < -0.39 is 11.9 Å². The van der Waals surface area contributed by atoms with Crippen molar-refractivity contribution in [3.05, 3.63) is 53.7 Å². The molecule has 128 valence electrons. The third kappa shape index (κ3) is 2.98. The largest absolute Gasteiger partial charge is 0.466 e. The second-order valence-corrected chi connectivity index (χ2v) is 5.46. The van der Waals surface area contributed by atoms with Crippen molar-refractivity contribution in [1.29, 1.82) is 0 Å². The third-order valence-corrected chi connectivity index (χ3v) is 3.96. The number of ketones is 1. The van der Waals surface area contributed by atoms with Crippen molar-refractivity contribution in [2.24, 2.45) is 0 Å². The minimum Gasteiger partial charge on any atom is -0.466 e. The fourth-order valence-corrected chi connectivity index (χ4v) is 2.87. The quantitative estimate of drug-likeness (QED) is 0.406. The molecule has 1 aromatic carbocycles. The van der Waals surface area contributed by atoms with Gasteiger partial charge in [-0.3, -0.25) is 9.59 Å². The number of fused-ring (bicyclic) bond motifs is 3. The minimum absolute atomic E-state index is 0.233. The molecule has 0 bridgehead atoms. The summed E-state index contributed by atoms with van der Waals surface area (Å²) in [5, 5.41) is 0.686. The van der Waals surface area contributed by atoms with E-state index in [0.717, 1.165) is 0 Å². The predicted octanol–water partition coefficient (Wildman–Crippen LogP) is 3.02. The molecule has 0 saturated carbocycles. The number of Topliss-reactive ketones (excluding diaryl/α,β-unsaturated/α-hetero) is 1. The van der Waals surface area contributed by atoms with Gasteiger partial charge >= 0.3 is 11.9 Å². The number of esters is 2. The van der Waals surface area contributed by atoms with E-state index in [1.165, 1.54) is 7.11 Å². The van der Waals surface area contributed by atoms with Gasteiger partial charge in [0.15, 0.2) is 5.78 Å². The van der Waals surface area contributed by atoms with Crippen LogP contribution in [0.1, 0.15) is 34.1 Å². The first-order valence-electron chi connectivity index (χ1n) is 7.86. The Hall–Kier alpha value is -3.15. The maximum Gasteiger partial charge on any atom is 0.340 e. The number of benzene rings is 1. The predicted molar refractivity (Wildman–Crippen MR) is 91.8 cm³/mol. The maximum absolute atomic E-state index is 12.3. The summed E-state index contributed by atoms with van der Waals surface area (Å²) in [5.41, 5.74) is 2.23. The highest BCUT2D eigenvalue weighted by molar-refractivity contribution is 6.14. The molecule has 0 radical (unpaired) electrons. The monoisotopic (exact) mass is 339 g/mol. The normalized spacial score (nSPS) is 10.8. The fraction of sp³-hybridized carbons (Fsp3) is 0.211. The number of carbonyl (C=O) groups is 3. The molecule has 25 heavy (non-hydrogen) atoms. The molecule has 0 fully saturated rings. The second-order valence-electron chi connectivity index (χ2n) is 5.46. The lowest BCUT2D eigenvalue weighted by Gasteiger charge is -2.03. The summed E-state index contributed by atoms with van der Waals surface area (Å²) in [6.07, 6.45) is 1.50. The first-order valence-corrected chi connectivity index (χ1v) is 7.86. The van der Waals surface area contributed by atoms with Crippen molar-refractivity contribution in [2.45, 2.75) is 13.3 Å². The summed E-state index contributed by atoms with van der Waals surface area (Å²) in [5.74, 6) is -1.32. The van der Waals surface area contributed by atoms with Gasteiger partial charge in [-0.2, -0.15) is 0 Å². The van der Waals surface area contributed by atoms with Gasteiger partial charge in [0.05, 0.1) is 30.3 Å². The molecule has 0 aliphatic heterocycles. The second kappa shape index (κ2) is 6.76. The van der Waals surface area contributed by atoms with Crippen LogP contribution in [0.25, 0.3) is 16.4 Å². The number of aromatic nitrogens is 1. The van der Waals surface area contributed by atoms with Gasteiger partial charge in [0.1, 0.15) is 6.42 Å². The Labute approximate surface area is 143 Å². The van der Waals surface area contributed by atoms with Gasteiger partial charge in [0.2, 0.25) is 0 Å². The van der Waals surface area contributed by atoms with Crippen LogP contribution in [-0.2, 0) is 14.3 Å². The van der Waals surface area contributed by atoms with Crippen LogP contribution in [0.5, 0.6) is 0 Å². The van der Waals surface area contributed by atoms with Crippen LogP contribution < -0.4 is 0 Å². The number of nitrogens with zero attached hydrogens (tertiary/aromatic N) is 1. The van der Waals surface area contributed by atoms with Crippen molar-refractivity contribution in [2.75, 3.05) is 13.7 Å². The van der Waals surface area contributed by atoms with Gasteiger partial charge in [-0.15, -0.1) is 0 Å². The average molecular weight is 339 g/mol. The third-order valence-electron chi connectivity index (χ3n) is 3.96. The highest BCUT2D eigenvalue weighted by Gasteiger charge is 2.20. The molecule has 0 spiro atoms. The highest BCUT2D eigenvalue weighted by Crippen LogP contribution is 2.28. The van der Waals surface area contributed by atoms with E-state index in [2.05, 4.69) is 0 Å². The van der Waals surface area contributed by atoms with Crippen LogP contribution in [-0.4, -0.2) is 35.8 Å². The Morgan fingerprint density at radius 3 is 2.60 bits per heavy atom. The van der Waals surface area contributed by atoms with E-state index in [4.69, 9.17) is 9.47 Å². The number of hydrogen-bond donors (Lipinski definition) is 0. The molecule has 0 N–H and O–H groups in total. The van der Waals surface area contributed by atoms with Gasteiger partial charge in [-0.05, 0) is 25.1 Å². The fourth-order valence-electron chi connectivity index (χ4n) is 2.87. The molecule has 0 aliphatic rings. The van der Waals surface area contributed by atoms with E-state index >= 15 is 0 Å². The highest BCUT2D eigenvalue weighted by atomic mass is 16.5. The Bertz CT molecular complexity index is 986. The van der Waals surface area contributed by atoms with E-state index in [-0.39, 0.29) is 18.8 Å². The molecule has 0 amide bonds. The van der Waals surface area contributed by atoms with Crippen molar-refractivity contribution >= 4 is 34.1 Å². The summed E-state index contributed by atoms with van der Waals surface area (Å²) in [7, 11) is 1.33. The summed E-state index contributed by atoms with van der Waals surface area (Å²) >= 11 is 0. The first kappa shape index (κ1) is 16.7. The van der Waals surface area contributed by atoms with E-state index in [0.29, 0.717) is 27.5 Å². The smallest absolute Gasteiger partial charge is 0.340 e. The van der Waals surface area contributed by atoms with E-state index in [9.17, 15) is 14.4 Å². The van der Waals surface area contributed by atoms with Crippen LogP contribution in [0.2, 0.25) is 0 Å². The molecule has 0 aliphatic carbocycles. The van der Waals surface area contributed by atoms with Crippen LogP contribution in [0, 0.1) is 0 Å². The minimum atomic E-state index is -0.553. The van der Waals surface area contributed by atoms with Crippen molar-refractivity contribution < 1.29 is 23.9 Å². The molecule has 3 aromatic rings. The molecule has 6 nitrogen and oxygen atoms in total. The lowest BCUT2D eigenvalue weighted by atomic mass is 10.0. The number of ether oxygens (including phenoxy) is 2. The summed E-state index contributed by atoms with van der Waals surface area (Å²) in [6.45, 7) is 1.92. The number of hydrogen-bond acceptors (Lipinski definition) is 5. The SMILES string of the molecule is CCOC(=O)CC(=O)c1ccc2c(C(=O)OC)c3ccccn3c2c1. The first-order chi connectivity index (χ1) is 12.1. The Balaban J connectivity index is 2.12. The number of carbonyl (C=O) groups excluding carboxylic acids is 3. The van der Waals surface area contributed by atoms with Gasteiger partial charge < -0.3 is 13.9 Å². The van der Waals surface area contributed by atoms with Gasteiger partial charge in [-0.25, -0.2) is 4.79 Å². The molecule has 2 heterocycles. The Morgan fingerprint density at radius 1 is 1.08 bits per heavy atom. The number of methoxy groups -OCH3 is 1. The Kier molecular flexibility index (Phi) is 4.52. The lowest BCUT2D eigenvalue weighted by Crippen LogP contribution is -2.11. The molecule has 0 atom stereocenters. The molecule has 0 unspecified atom stereocenters. The number of pyridine rings is 1. The molecular weight excluding hydrogens is 322 g/mol. The lowest BCUT2D eigenvalue weighted by molar-refractivity contribution is -0.141. The van der Waals surface area contributed by atoms with Crippen molar-refractivity contribution in [1.82, 2.24) is 4.40 Å². The maximum atomic E-state index is 12.3. The van der Waals surface area contributed by atoms with Crippen LogP contribution >= 0.6 is 0 Å². The standard InChI is InChI=1S/C19H17NO5/c1-3-25-17(22)11-16(21)12-7-8-13-15(10-12)20-9-5-4-6-14(20)18(13)19(23)24-2/h4-10H,3,11H2,1-2H3. The van der Waals surface area contributed by atoms with E-state index in [1.807, 2.05) is 28.8 Å². The average Bonchev–Trinajstić information content (AvgIpc) is 2.95. The van der Waals surface area contributed by atoms with Crippen LogP contribution in [0.4, 0.5) is 0 Å². The van der Waals surface area contributed by atoms with Gasteiger partial charge in [0.25, 0.3) is 0 Å². The summed E-state index contributed by atoms with van der Waals surface area (Å²) in [6, 6.07) is 10.5. The molecule has 2 aromatic heterocycles. The topological polar surface area (TPSA) is 74.1 Å².